The number of aliphatic hydroxyl groups is 1. The molecule has 2 N–H and O–H groups in total. The minimum atomic E-state index is -0.588. The Morgan fingerprint density at radius 2 is 1.80 bits per heavy atom. The third-order valence-electron chi connectivity index (χ3n) is 13.1. The normalized spacial score (nSPS) is 38.0. The Morgan fingerprint density at radius 1 is 1.00 bits per heavy atom. The van der Waals surface area contributed by atoms with Crippen LogP contribution < -0.4 is 5.32 Å². The molecule has 0 bridgehead atoms. The first-order valence-electron chi connectivity index (χ1n) is 18.4. The minimum absolute atomic E-state index is 0.120. The molecule has 3 saturated carbocycles. The first-order chi connectivity index (χ1) is 21.2. The third kappa shape index (κ3) is 7.04. The maximum absolute atomic E-state index is 12.8. The molecule has 9 atom stereocenters. The van der Waals surface area contributed by atoms with Crippen molar-refractivity contribution < 1.29 is 24.2 Å². The molecule has 2 amide bonds. The zero-order valence-electron chi connectivity index (χ0n) is 28.3. The van der Waals surface area contributed by atoms with E-state index in [0.29, 0.717) is 31.6 Å². The van der Waals surface area contributed by atoms with E-state index in [2.05, 4.69) is 32.2 Å². The fourth-order valence-electron chi connectivity index (χ4n) is 10.5. The maximum atomic E-state index is 12.8. The van der Waals surface area contributed by atoms with Gasteiger partial charge in [0.15, 0.2) is 0 Å². The molecule has 0 spiro atoms. The maximum Gasteiger partial charge on any atom is 0.407 e. The number of amides is 2. The van der Waals surface area contributed by atoms with E-state index < -0.39 is 12.2 Å². The number of likely N-dealkylation sites (tertiary alicyclic amines) is 1. The number of carbonyl (C=O) groups is 2. The van der Waals surface area contributed by atoms with Gasteiger partial charge in [-0.05, 0) is 99.2 Å². The lowest BCUT2D eigenvalue weighted by atomic mass is 9.47. The van der Waals surface area contributed by atoms with Crippen molar-refractivity contribution in [2.75, 3.05) is 26.3 Å². The summed E-state index contributed by atoms with van der Waals surface area (Å²) in [6.07, 6.45) is 21.2. The molecule has 4 unspecified atom stereocenters. The van der Waals surface area contributed by atoms with E-state index in [1.165, 1.54) is 82.6 Å². The van der Waals surface area contributed by atoms with Gasteiger partial charge in [0.25, 0.3) is 0 Å². The summed E-state index contributed by atoms with van der Waals surface area (Å²) < 4.78 is 11.3. The van der Waals surface area contributed by atoms with Gasteiger partial charge in [-0.1, -0.05) is 70.9 Å². The van der Waals surface area contributed by atoms with Crippen LogP contribution in [0.1, 0.15) is 130 Å². The number of alkyl carbamates (subject to hydrolysis) is 1. The average molecular weight is 615 g/mol. The summed E-state index contributed by atoms with van der Waals surface area (Å²) >= 11 is 0. The number of nitrogens with one attached hydrogen (secondary N) is 1. The van der Waals surface area contributed by atoms with Crippen molar-refractivity contribution in [3.8, 4) is 0 Å². The minimum Gasteiger partial charge on any atom is -0.446 e. The fraction of sp³-hybridized carbons (Fsp3) is 0.892. The highest BCUT2D eigenvalue weighted by Crippen LogP contribution is 2.66. The SMILES string of the molecule is CCCCCCCC[C@@H]1CCC2C3CC=C4CC(OC(=O)NCC(=O)N5CC[C@H](O)[C@@H]5COCC)CC[C@@]4(C)C3CC[C@]21C. The van der Waals surface area contributed by atoms with Gasteiger partial charge in [-0.15, -0.1) is 0 Å². The molecule has 0 aromatic heterocycles. The number of carbonyl (C=O) groups excluding carboxylic acids is 2. The average Bonchev–Trinajstić information content (AvgIpc) is 3.55. The Bertz CT molecular complexity index is 1020. The molecule has 5 aliphatic rings. The number of aliphatic hydroxyl groups excluding tert-OH is 1. The molecule has 250 valence electrons. The monoisotopic (exact) mass is 614 g/mol. The number of allylic oxidation sites excluding steroid dienone is 1. The predicted molar refractivity (Wildman–Crippen MR) is 174 cm³/mol. The van der Waals surface area contributed by atoms with Crippen LogP contribution in [0.5, 0.6) is 0 Å². The van der Waals surface area contributed by atoms with Gasteiger partial charge in [-0.2, -0.15) is 0 Å². The van der Waals surface area contributed by atoms with Crippen LogP contribution in [-0.2, 0) is 14.3 Å². The third-order valence-corrected chi connectivity index (χ3v) is 13.1. The topological polar surface area (TPSA) is 88.1 Å². The zero-order valence-corrected chi connectivity index (χ0v) is 28.3. The molecule has 44 heavy (non-hydrogen) atoms. The van der Waals surface area contributed by atoms with Gasteiger partial charge in [0.1, 0.15) is 12.6 Å². The largest absolute Gasteiger partial charge is 0.446 e. The Hall–Kier alpha value is -1.60. The summed E-state index contributed by atoms with van der Waals surface area (Å²) in [4.78, 5) is 27.2. The Labute approximate surface area is 267 Å². The second kappa shape index (κ2) is 14.9. The summed E-state index contributed by atoms with van der Waals surface area (Å²) in [6, 6.07) is -0.355. The van der Waals surface area contributed by atoms with Crippen LogP contribution in [0.4, 0.5) is 4.79 Å². The summed E-state index contributed by atoms with van der Waals surface area (Å²) in [7, 11) is 0. The Balaban J connectivity index is 1.10. The molecule has 1 aliphatic heterocycles. The molecule has 4 aliphatic carbocycles. The van der Waals surface area contributed by atoms with E-state index >= 15 is 0 Å². The van der Waals surface area contributed by atoms with Crippen LogP contribution in [0.3, 0.4) is 0 Å². The number of rotatable bonds is 13. The van der Waals surface area contributed by atoms with E-state index in [0.717, 1.165) is 42.9 Å². The second-order valence-electron chi connectivity index (χ2n) is 15.4. The van der Waals surface area contributed by atoms with Crippen molar-refractivity contribution in [1.82, 2.24) is 10.2 Å². The quantitative estimate of drug-likeness (QED) is 0.167. The van der Waals surface area contributed by atoms with E-state index in [1.54, 1.807) is 4.90 Å². The van der Waals surface area contributed by atoms with Gasteiger partial charge in [0.2, 0.25) is 5.91 Å². The number of ether oxygens (including phenoxy) is 2. The van der Waals surface area contributed by atoms with Crippen molar-refractivity contribution in [3.05, 3.63) is 11.6 Å². The van der Waals surface area contributed by atoms with Crippen LogP contribution in [0.2, 0.25) is 0 Å². The molecule has 1 saturated heterocycles. The van der Waals surface area contributed by atoms with Crippen LogP contribution in [-0.4, -0.2) is 66.6 Å². The first-order valence-corrected chi connectivity index (χ1v) is 18.4. The van der Waals surface area contributed by atoms with Gasteiger partial charge < -0.3 is 24.8 Å². The number of unbranched alkanes of at least 4 members (excludes halogenated alkanes) is 5. The fourth-order valence-corrected chi connectivity index (χ4v) is 10.5. The van der Waals surface area contributed by atoms with Gasteiger partial charge in [-0.3, -0.25) is 4.79 Å². The Kier molecular flexibility index (Phi) is 11.4. The molecule has 1 heterocycles. The molecule has 7 nitrogen and oxygen atoms in total. The van der Waals surface area contributed by atoms with Crippen LogP contribution in [0.15, 0.2) is 11.6 Å². The van der Waals surface area contributed by atoms with Crippen LogP contribution >= 0.6 is 0 Å². The number of hydrogen-bond acceptors (Lipinski definition) is 5. The summed E-state index contributed by atoms with van der Waals surface area (Å²) in [5.41, 5.74) is 2.26. The molecule has 0 aromatic rings. The number of fused-ring (bicyclic) bond motifs is 5. The van der Waals surface area contributed by atoms with E-state index in [4.69, 9.17) is 9.47 Å². The van der Waals surface area contributed by atoms with E-state index in [1.807, 2.05) is 6.92 Å². The van der Waals surface area contributed by atoms with Gasteiger partial charge >= 0.3 is 6.09 Å². The predicted octanol–water partition coefficient (Wildman–Crippen LogP) is 7.41. The smallest absolute Gasteiger partial charge is 0.407 e. The van der Waals surface area contributed by atoms with Crippen molar-refractivity contribution in [2.24, 2.45) is 34.5 Å². The molecule has 7 heteroatoms. The highest BCUT2D eigenvalue weighted by Gasteiger charge is 2.58. The standard InChI is InChI=1S/C37H62N2O5/c1-5-7-8-9-10-11-12-26-14-16-30-29-15-13-27-23-28(17-20-37(27,4)31(29)18-21-36(26,30)3)44-35(42)38-24-34(41)39-22-19-33(40)32(39)25-43-6-2/h13,26,28-33,40H,5-12,14-25H2,1-4H3,(H,38,42)/t26-,28?,29?,30?,31?,32+,33+,36+,37-/m1/s1. The summed E-state index contributed by atoms with van der Waals surface area (Å²) in [5.74, 6) is 3.13. The second-order valence-corrected chi connectivity index (χ2v) is 15.4. The molecule has 5 rings (SSSR count). The first kappa shape index (κ1) is 33.8. The van der Waals surface area contributed by atoms with Crippen LogP contribution in [0, 0.1) is 34.5 Å². The zero-order chi connectivity index (χ0) is 31.3. The van der Waals surface area contributed by atoms with Crippen molar-refractivity contribution in [3.63, 3.8) is 0 Å². The lowest BCUT2D eigenvalue weighted by molar-refractivity contribution is -0.133. The highest BCUT2D eigenvalue weighted by atomic mass is 16.6. The van der Waals surface area contributed by atoms with Gasteiger partial charge in [0, 0.05) is 19.6 Å². The molecular weight excluding hydrogens is 552 g/mol. The Morgan fingerprint density at radius 3 is 2.59 bits per heavy atom. The summed E-state index contributed by atoms with van der Waals surface area (Å²) in [6.45, 7) is 10.6. The number of nitrogens with zero attached hydrogens (tertiary/aromatic N) is 1. The van der Waals surface area contributed by atoms with Gasteiger partial charge in [0.05, 0.1) is 18.8 Å². The van der Waals surface area contributed by atoms with Crippen LogP contribution in [0.25, 0.3) is 0 Å². The lowest BCUT2D eigenvalue weighted by Crippen LogP contribution is -2.51. The van der Waals surface area contributed by atoms with Crippen molar-refractivity contribution in [2.45, 2.75) is 149 Å². The number of hydrogen-bond donors (Lipinski definition) is 2. The van der Waals surface area contributed by atoms with Gasteiger partial charge in [-0.25, -0.2) is 4.79 Å². The highest BCUT2D eigenvalue weighted by molar-refractivity contribution is 5.82. The molecular formula is C37H62N2O5. The van der Waals surface area contributed by atoms with E-state index in [-0.39, 0.29) is 30.0 Å². The van der Waals surface area contributed by atoms with E-state index in [9.17, 15) is 14.7 Å². The van der Waals surface area contributed by atoms with Crippen molar-refractivity contribution in [1.29, 1.82) is 0 Å². The molecule has 4 fully saturated rings. The van der Waals surface area contributed by atoms with Crippen molar-refractivity contribution >= 4 is 12.0 Å². The molecule has 0 aromatic carbocycles. The lowest BCUT2D eigenvalue weighted by Gasteiger charge is -2.58. The molecule has 0 radical (unpaired) electrons. The summed E-state index contributed by atoms with van der Waals surface area (Å²) in [5, 5.41) is 12.9.